The third-order valence-electron chi connectivity index (χ3n) is 2.98. The van der Waals surface area contributed by atoms with E-state index in [4.69, 9.17) is 5.73 Å². The molecule has 0 aromatic carbocycles. The Balaban J connectivity index is 2.27. The van der Waals surface area contributed by atoms with Gasteiger partial charge < -0.3 is 11.1 Å². The van der Waals surface area contributed by atoms with Gasteiger partial charge >= 0.3 is 11.6 Å². The summed E-state index contributed by atoms with van der Waals surface area (Å²) in [5.74, 6) is 0.610. The number of hydrogen-bond acceptors (Lipinski definition) is 3. The number of fused-ring (bicyclic) bond motifs is 1. The number of nitrogens with two attached hydrogens (primary N) is 1. The van der Waals surface area contributed by atoms with Crippen molar-refractivity contribution in [2.24, 2.45) is 7.05 Å². The van der Waals surface area contributed by atoms with Crippen molar-refractivity contribution in [2.45, 2.75) is 6.04 Å². The van der Waals surface area contributed by atoms with Gasteiger partial charge in [0.05, 0.1) is 19.3 Å². The molecule has 1 fully saturated rings. The summed E-state index contributed by atoms with van der Waals surface area (Å²) >= 11 is 0. The number of pyridine rings is 1. The zero-order valence-corrected chi connectivity index (χ0v) is 8.64. The first kappa shape index (κ1) is 8.67. The molecule has 0 spiro atoms. The van der Waals surface area contributed by atoms with Crippen LogP contribution in [0, 0.1) is 0 Å². The molecule has 78 valence electrons. The molecule has 2 aromatic heterocycles. The molecule has 0 saturated carbocycles. The summed E-state index contributed by atoms with van der Waals surface area (Å²) in [6, 6.07) is 4.54. The number of hydrogen-bond donors (Lipinski definition) is 2. The molecule has 3 heterocycles. The molecule has 3 rings (SSSR count). The monoisotopic (exact) mass is 204 g/mol. The van der Waals surface area contributed by atoms with E-state index in [1.807, 2.05) is 23.9 Å². The van der Waals surface area contributed by atoms with E-state index in [1.54, 1.807) is 0 Å². The van der Waals surface area contributed by atoms with Crippen molar-refractivity contribution in [3.8, 4) is 0 Å². The smallest absolute Gasteiger partial charge is 0.348 e. The number of rotatable bonds is 1. The highest BCUT2D eigenvalue weighted by Crippen LogP contribution is 2.22. The van der Waals surface area contributed by atoms with Gasteiger partial charge in [-0.3, -0.25) is 4.57 Å². The molecule has 15 heavy (non-hydrogen) atoms. The molecule has 1 aliphatic rings. The number of aromatic nitrogens is 3. The van der Waals surface area contributed by atoms with Crippen LogP contribution in [0.4, 0.5) is 5.95 Å². The quantitative estimate of drug-likeness (QED) is 0.621. The van der Waals surface area contributed by atoms with E-state index >= 15 is 0 Å². The van der Waals surface area contributed by atoms with E-state index in [0.29, 0.717) is 12.0 Å². The molecule has 0 radical (unpaired) electrons. The third-order valence-corrected chi connectivity index (χ3v) is 2.98. The van der Waals surface area contributed by atoms with Gasteiger partial charge in [0.15, 0.2) is 0 Å². The molecule has 1 aliphatic heterocycles. The van der Waals surface area contributed by atoms with E-state index in [-0.39, 0.29) is 0 Å². The normalized spacial score (nSPS) is 16.9. The van der Waals surface area contributed by atoms with Gasteiger partial charge in [0.2, 0.25) is 0 Å². The molecule has 2 aromatic rings. The number of nitrogens with zero attached hydrogens (tertiary/aromatic N) is 3. The summed E-state index contributed by atoms with van der Waals surface area (Å²) < 4.78 is 4.11. The second kappa shape index (κ2) is 2.93. The van der Waals surface area contributed by atoms with E-state index < -0.39 is 0 Å². The van der Waals surface area contributed by atoms with Crippen LogP contribution in [0.2, 0.25) is 0 Å². The second-order valence-electron chi connectivity index (χ2n) is 3.98. The lowest BCUT2D eigenvalue weighted by atomic mass is 10.2. The maximum Gasteiger partial charge on any atom is 0.351 e. The maximum absolute atomic E-state index is 5.94. The average Bonchev–Trinajstić information content (AvgIpc) is 2.44. The molecule has 5 heteroatoms. The molecule has 0 atom stereocenters. The Bertz CT molecular complexity index is 512. The maximum atomic E-state index is 5.94. The Morgan fingerprint density at radius 1 is 1.60 bits per heavy atom. The van der Waals surface area contributed by atoms with Crippen LogP contribution in [0.1, 0.15) is 6.04 Å². The van der Waals surface area contributed by atoms with Gasteiger partial charge in [-0.25, -0.2) is 4.57 Å². The zero-order valence-electron chi connectivity index (χ0n) is 8.64. The Hall–Kier alpha value is -1.62. The van der Waals surface area contributed by atoms with Crippen LogP contribution in [0.3, 0.4) is 0 Å². The van der Waals surface area contributed by atoms with Gasteiger partial charge in [0, 0.05) is 13.1 Å². The van der Waals surface area contributed by atoms with Crippen molar-refractivity contribution in [3.05, 3.63) is 18.3 Å². The summed E-state index contributed by atoms with van der Waals surface area (Å²) in [5.41, 5.74) is 8.00. The minimum Gasteiger partial charge on any atom is -0.348 e. The lowest BCUT2D eigenvalue weighted by molar-refractivity contribution is -0.646. The molecular weight excluding hydrogens is 190 g/mol. The van der Waals surface area contributed by atoms with Crippen molar-refractivity contribution in [3.63, 3.8) is 0 Å². The molecule has 1 saturated heterocycles. The number of nitrogen functional groups attached to an aromatic ring is 1. The van der Waals surface area contributed by atoms with Crippen LogP contribution in [-0.4, -0.2) is 22.6 Å². The first-order chi connectivity index (χ1) is 7.27. The van der Waals surface area contributed by atoms with Crippen molar-refractivity contribution >= 4 is 17.1 Å². The SMILES string of the molecule is C[n+]1cccc2c1nc(N)n2C1CNC1. The molecular formula is C10H14N5+. The van der Waals surface area contributed by atoms with Gasteiger partial charge in [-0.15, -0.1) is 0 Å². The van der Waals surface area contributed by atoms with Gasteiger partial charge in [-0.05, 0) is 17.1 Å². The first-order valence-electron chi connectivity index (χ1n) is 5.10. The van der Waals surface area contributed by atoms with Gasteiger partial charge in [-0.2, -0.15) is 0 Å². The average molecular weight is 204 g/mol. The molecule has 0 unspecified atom stereocenters. The molecule has 0 amide bonds. The van der Waals surface area contributed by atoms with Crippen molar-refractivity contribution in [2.75, 3.05) is 18.8 Å². The highest BCUT2D eigenvalue weighted by Gasteiger charge is 2.27. The fraction of sp³-hybridized carbons (Fsp3) is 0.400. The first-order valence-corrected chi connectivity index (χ1v) is 5.10. The minimum atomic E-state index is 0.456. The fourth-order valence-corrected chi connectivity index (χ4v) is 2.04. The lowest BCUT2D eigenvalue weighted by Gasteiger charge is -2.28. The summed E-state index contributed by atoms with van der Waals surface area (Å²) in [6.45, 7) is 1.96. The highest BCUT2D eigenvalue weighted by molar-refractivity contribution is 5.71. The summed E-state index contributed by atoms with van der Waals surface area (Å²) in [4.78, 5) is 4.39. The van der Waals surface area contributed by atoms with E-state index in [1.165, 1.54) is 0 Å². The number of nitrogens with one attached hydrogen (secondary N) is 1. The minimum absolute atomic E-state index is 0.456. The predicted molar refractivity (Wildman–Crippen MR) is 57.2 cm³/mol. The van der Waals surface area contributed by atoms with Crippen LogP contribution in [0.25, 0.3) is 11.2 Å². The number of imidazole rings is 1. The van der Waals surface area contributed by atoms with E-state index in [0.717, 1.165) is 24.3 Å². The van der Waals surface area contributed by atoms with Gasteiger partial charge in [0.1, 0.15) is 5.52 Å². The summed E-state index contributed by atoms with van der Waals surface area (Å²) in [5, 5.41) is 3.25. The van der Waals surface area contributed by atoms with Crippen LogP contribution in [0.15, 0.2) is 18.3 Å². The van der Waals surface area contributed by atoms with Gasteiger partial charge in [-0.1, -0.05) is 0 Å². The van der Waals surface area contributed by atoms with Crippen LogP contribution < -0.4 is 15.6 Å². The number of aryl methyl sites for hydroxylation is 1. The summed E-state index contributed by atoms with van der Waals surface area (Å²) in [7, 11) is 1.98. The van der Waals surface area contributed by atoms with E-state index in [2.05, 4.69) is 20.9 Å². The van der Waals surface area contributed by atoms with Crippen molar-refractivity contribution in [1.29, 1.82) is 0 Å². The van der Waals surface area contributed by atoms with Gasteiger partial charge in [0.25, 0.3) is 0 Å². The Morgan fingerprint density at radius 3 is 3.07 bits per heavy atom. The molecule has 0 aliphatic carbocycles. The van der Waals surface area contributed by atoms with Crippen LogP contribution in [0.5, 0.6) is 0 Å². The van der Waals surface area contributed by atoms with E-state index in [9.17, 15) is 0 Å². The topological polar surface area (TPSA) is 59.8 Å². The Labute approximate surface area is 87.5 Å². The molecule has 5 nitrogen and oxygen atoms in total. The summed E-state index contributed by atoms with van der Waals surface area (Å²) in [6.07, 6.45) is 1.98. The zero-order chi connectivity index (χ0) is 10.4. The molecule has 3 N–H and O–H groups in total. The third kappa shape index (κ3) is 1.13. The fourth-order valence-electron chi connectivity index (χ4n) is 2.04. The second-order valence-corrected chi connectivity index (χ2v) is 3.98. The number of anilines is 1. The predicted octanol–water partition coefficient (Wildman–Crippen LogP) is -0.413. The standard InChI is InChI=1S/C10H13N5/c1-14-4-2-3-8-9(14)13-10(11)15(8)7-5-12-6-7/h2-4,7,11-12H,5-6H2,1H3/p+1. The van der Waals surface area contributed by atoms with Crippen molar-refractivity contribution in [1.82, 2.24) is 14.9 Å². The van der Waals surface area contributed by atoms with Crippen LogP contribution in [-0.2, 0) is 7.05 Å². The largest absolute Gasteiger partial charge is 0.351 e. The Kier molecular flexibility index (Phi) is 1.70. The lowest BCUT2D eigenvalue weighted by Crippen LogP contribution is -2.43. The van der Waals surface area contributed by atoms with Crippen LogP contribution >= 0.6 is 0 Å². The highest BCUT2D eigenvalue weighted by atomic mass is 15.2. The molecule has 0 bridgehead atoms. The van der Waals surface area contributed by atoms with Crippen molar-refractivity contribution < 1.29 is 4.57 Å². The Morgan fingerprint density at radius 2 is 2.40 bits per heavy atom.